The van der Waals surface area contributed by atoms with Crippen molar-refractivity contribution in [3.05, 3.63) is 0 Å². The van der Waals surface area contributed by atoms with Crippen molar-refractivity contribution in [3.8, 4) is 0 Å². The van der Waals surface area contributed by atoms with Crippen molar-refractivity contribution in [2.45, 2.75) is 12.8 Å². The van der Waals surface area contributed by atoms with Crippen LogP contribution < -0.4 is 10.6 Å². The fraction of sp³-hybridized carbons (Fsp3) is 0.833. The number of hydrogen-bond acceptors (Lipinski definition) is 4. The molecular formula is C12H21N3O3. The van der Waals surface area contributed by atoms with E-state index in [-0.39, 0.29) is 17.7 Å². The Morgan fingerprint density at radius 1 is 1.44 bits per heavy atom. The van der Waals surface area contributed by atoms with Crippen molar-refractivity contribution in [2.24, 2.45) is 5.92 Å². The number of carbonyl (C=O) groups is 2. The van der Waals surface area contributed by atoms with Gasteiger partial charge >= 0.3 is 0 Å². The first-order chi connectivity index (χ1) is 8.75. The zero-order valence-electron chi connectivity index (χ0n) is 10.6. The van der Waals surface area contributed by atoms with Crippen LogP contribution in [0, 0.1) is 5.92 Å². The maximum absolute atomic E-state index is 11.7. The molecule has 0 radical (unpaired) electrons. The predicted molar refractivity (Wildman–Crippen MR) is 66.0 cm³/mol. The number of morpholine rings is 1. The second-order valence-electron chi connectivity index (χ2n) is 4.80. The van der Waals surface area contributed by atoms with Crippen LogP contribution in [0.25, 0.3) is 0 Å². The molecule has 6 nitrogen and oxygen atoms in total. The highest BCUT2D eigenvalue weighted by Gasteiger charge is 2.27. The van der Waals surface area contributed by atoms with Crippen LogP contribution in [0.1, 0.15) is 12.8 Å². The minimum Gasteiger partial charge on any atom is -0.379 e. The number of ether oxygens (including phenoxy) is 1. The second-order valence-corrected chi connectivity index (χ2v) is 4.80. The van der Waals surface area contributed by atoms with Crippen molar-refractivity contribution in [1.82, 2.24) is 15.5 Å². The zero-order chi connectivity index (χ0) is 12.8. The molecule has 6 heteroatoms. The highest BCUT2D eigenvalue weighted by atomic mass is 16.5. The first kappa shape index (κ1) is 13.3. The lowest BCUT2D eigenvalue weighted by molar-refractivity contribution is -0.126. The Morgan fingerprint density at radius 3 is 2.89 bits per heavy atom. The lowest BCUT2D eigenvalue weighted by Crippen LogP contribution is -2.39. The third kappa shape index (κ3) is 3.96. The van der Waals surface area contributed by atoms with E-state index in [1.54, 1.807) is 0 Å². The third-order valence-electron chi connectivity index (χ3n) is 3.40. The minimum absolute atomic E-state index is 0.00433. The largest absolute Gasteiger partial charge is 0.379 e. The number of nitrogens with one attached hydrogen (secondary N) is 2. The molecule has 0 bridgehead atoms. The Balaban J connectivity index is 1.54. The molecule has 2 N–H and O–H groups in total. The van der Waals surface area contributed by atoms with E-state index in [1.807, 2.05) is 0 Å². The first-order valence-electron chi connectivity index (χ1n) is 6.60. The number of rotatable bonds is 5. The van der Waals surface area contributed by atoms with Crippen molar-refractivity contribution >= 4 is 11.8 Å². The molecule has 2 aliphatic rings. The van der Waals surface area contributed by atoms with Crippen LogP contribution in [-0.2, 0) is 14.3 Å². The summed E-state index contributed by atoms with van der Waals surface area (Å²) in [6.45, 7) is 5.73. The van der Waals surface area contributed by atoms with E-state index in [4.69, 9.17) is 4.74 Å². The molecule has 0 saturated carbocycles. The van der Waals surface area contributed by atoms with E-state index in [2.05, 4.69) is 15.5 Å². The van der Waals surface area contributed by atoms with Gasteiger partial charge in [0.1, 0.15) is 0 Å². The SMILES string of the molecule is O=C1CC(C(=O)NCCCN2CCOCC2)CN1. The van der Waals surface area contributed by atoms with Gasteiger partial charge in [-0.25, -0.2) is 0 Å². The van der Waals surface area contributed by atoms with E-state index in [0.717, 1.165) is 39.3 Å². The molecule has 1 atom stereocenters. The molecule has 2 heterocycles. The topological polar surface area (TPSA) is 70.7 Å². The van der Waals surface area contributed by atoms with E-state index in [0.29, 0.717) is 19.5 Å². The third-order valence-corrected chi connectivity index (χ3v) is 3.40. The Bertz CT molecular complexity index is 303. The van der Waals surface area contributed by atoms with E-state index < -0.39 is 0 Å². The summed E-state index contributed by atoms with van der Waals surface area (Å²) in [5.74, 6) is -0.209. The Labute approximate surface area is 107 Å². The second kappa shape index (κ2) is 6.70. The standard InChI is InChI=1S/C12H21N3O3/c16-11-8-10(9-14-11)12(17)13-2-1-3-15-4-6-18-7-5-15/h10H,1-9H2,(H,13,17)(H,14,16). The average Bonchev–Trinajstić information content (AvgIpc) is 2.82. The summed E-state index contributed by atoms with van der Waals surface area (Å²) < 4.78 is 5.27. The number of nitrogens with zero attached hydrogens (tertiary/aromatic N) is 1. The molecular weight excluding hydrogens is 234 g/mol. The molecule has 0 aromatic carbocycles. The molecule has 0 aromatic rings. The van der Waals surface area contributed by atoms with Gasteiger partial charge in [0.05, 0.1) is 19.1 Å². The summed E-state index contributed by atoms with van der Waals surface area (Å²) in [6, 6.07) is 0. The maximum Gasteiger partial charge on any atom is 0.225 e. The van der Waals surface area contributed by atoms with Gasteiger partial charge in [-0.05, 0) is 13.0 Å². The number of amides is 2. The fourth-order valence-corrected chi connectivity index (χ4v) is 2.27. The monoisotopic (exact) mass is 255 g/mol. The van der Waals surface area contributed by atoms with Gasteiger partial charge in [0.25, 0.3) is 0 Å². The van der Waals surface area contributed by atoms with Crippen LogP contribution in [-0.4, -0.2) is 62.7 Å². The van der Waals surface area contributed by atoms with E-state index in [1.165, 1.54) is 0 Å². The first-order valence-corrected chi connectivity index (χ1v) is 6.60. The lowest BCUT2D eigenvalue weighted by atomic mass is 10.1. The summed E-state index contributed by atoms with van der Waals surface area (Å²) in [7, 11) is 0. The van der Waals surface area contributed by atoms with Gasteiger partial charge in [0.2, 0.25) is 11.8 Å². The molecule has 2 aliphatic heterocycles. The molecule has 0 spiro atoms. The van der Waals surface area contributed by atoms with E-state index >= 15 is 0 Å². The van der Waals surface area contributed by atoms with Gasteiger partial charge < -0.3 is 15.4 Å². The van der Waals surface area contributed by atoms with Gasteiger partial charge in [0.15, 0.2) is 0 Å². The van der Waals surface area contributed by atoms with Crippen molar-refractivity contribution in [3.63, 3.8) is 0 Å². The summed E-state index contributed by atoms with van der Waals surface area (Å²) >= 11 is 0. The van der Waals surface area contributed by atoms with Crippen LogP contribution in [0.4, 0.5) is 0 Å². The van der Waals surface area contributed by atoms with Gasteiger partial charge in [-0.15, -0.1) is 0 Å². The zero-order valence-corrected chi connectivity index (χ0v) is 10.6. The van der Waals surface area contributed by atoms with E-state index in [9.17, 15) is 9.59 Å². The van der Waals surface area contributed by atoms with Crippen molar-refractivity contribution in [2.75, 3.05) is 45.9 Å². The fourth-order valence-electron chi connectivity index (χ4n) is 2.27. The summed E-state index contributed by atoms with van der Waals surface area (Å²) in [4.78, 5) is 25.0. The quantitative estimate of drug-likeness (QED) is 0.616. The summed E-state index contributed by atoms with van der Waals surface area (Å²) in [6.07, 6.45) is 1.27. The normalized spacial score (nSPS) is 24.9. The predicted octanol–water partition coefficient (Wildman–Crippen LogP) is -1.04. The Hall–Kier alpha value is -1.14. The van der Waals surface area contributed by atoms with Crippen molar-refractivity contribution in [1.29, 1.82) is 0 Å². The van der Waals surface area contributed by atoms with Crippen LogP contribution in [0.15, 0.2) is 0 Å². The molecule has 2 fully saturated rings. The Morgan fingerprint density at radius 2 is 2.22 bits per heavy atom. The van der Waals surface area contributed by atoms with Crippen LogP contribution in [0.2, 0.25) is 0 Å². The molecule has 2 rings (SSSR count). The summed E-state index contributed by atoms with van der Waals surface area (Å²) in [5.41, 5.74) is 0. The highest BCUT2D eigenvalue weighted by molar-refractivity contribution is 5.89. The maximum atomic E-state index is 11.7. The van der Waals surface area contributed by atoms with Crippen LogP contribution in [0.5, 0.6) is 0 Å². The van der Waals surface area contributed by atoms with Gasteiger partial charge in [-0.1, -0.05) is 0 Å². The minimum atomic E-state index is -0.180. The van der Waals surface area contributed by atoms with Gasteiger partial charge in [-0.3, -0.25) is 14.5 Å². The van der Waals surface area contributed by atoms with Gasteiger partial charge in [0, 0.05) is 32.6 Å². The molecule has 18 heavy (non-hydrogen) atoms. The molecule has 0 aromatic heterocycles. The smallest absolute Gasteiger partial charge is 0.225 e. The molecule has 1 unspecified atom stereocenters. The van der Waals surface area contributed by atoms with Crippen LogP contribution >= 0.6 is 0 Å². The average molecular weight is 255 g/mol. The molecule has 0 aliphatic carbocycles. The number of hydrogen-bond donors (Lipinski definition) is 2. The molecule has 2 amide bonds. The van der Waals surface area contributed by atoms with Crippen molar-refractivity contribution < 1.29 is 14.3 Å². The lowest BCUT2D eigenvalue weighted by Gasteiger charge is -2.26. The summed E-state index contributed by atoms with van der Waals surface area (Å²) in [5, 5.41) is 5.57. The van der Waals surface area contributed by atoms with Gasteiger partial charge in [-0.2, -0.15) is 0 Å². The Kier molecular flexibility index (Phi) is 4.95. The molecule has 2 saturated heterocycles. The molecule has 102 valence electrons. The number of carbonyl (C=O) groups excluding carboxylic acids is 2. The highest BCUT2D eigenvalue weighted by Crippen LogP contribution is 2.08. The van der Waals surface area contributed by atoms with Crippen LogP contribution in [0.3, 0.4) is 0 Å².